The van der Waals surface area contributed by atoms with Gasteiger partial charge < -0.3 is 16.0 Å². The summed E-state index contributed by atoms with van der Waals surface area (Å²) in [7, 11) is 3.98. The number of carbonyl (C=O) groups excluding carboxylic acids is 1. The fourth-order valence-corrected chi connectivity index (χ4v) is 5.01. The van der Waals surface area contributed by atoms with Crippen molar-refractivity contribution < 1.29 is 4.79 Å². The minimum absolute atomic E-state index is 0.0130. The van der Waals surface area contributed by atoms with E-state index in [0.29, 0.717) is 6.04 Å². The van der Waals surface area contributed by atoms with Crippen LogP contribution < -0.4 is 11.1 Å². The number of primary amides is 1. The van der Waals surface area contributed by atoms with Crippen molar-refractivity contribution in [1.29, 1.82) is 0 Å². The minimum atomic E-state index is -0.169. The second kappa shape index (κ2) is 11.5. The zero-order chi connectivity index (χ0) is 22.2. The lowest BCUT2D eigenvalue weighted by atomic mass is 9.97. The maximum Gasteiger partial charge on any atom is 0.221 e. The van der Waals surface area contributed by atoms with Gasteiger partial charge in [0.05, 0.1) is 5.92 Å². The third-order valence-corrected chi connectivity index (χ3v) is 6.72. The molecule has 2 aliphatic rings. The number of aliphatic imine (C=N–C) groups is 1. The van der Waals surface area contributed by atoms with Crippen LogP contribution in [0.3, 0.4) is 0 Å². The molecule has 1 amide bonds. The van der Waals surface area contributed by atoms with Crippen molar-refractivity contribution in [3.63, 3.8) is 0 Å². The van der Waals surface area contributed by atoms with Crippen LogP contribution in [0.15, 0.2) is 29.3 Å². The van der Waals surface area contributed by atoms with Gasteiger partial charge in [-0.2, -0.15) is 0 Å². The smallest absolute Gasteiger partial charge is 0.221 e. The van der Waals surface area contributed by atoms with Gasteiger partial charge in [0.15, 0.2) is 5.96 Å². The number of nitrogens with one attached hydrogen (secondary N) is 1. The average Bonchev–Trinajstić information content (AvgIpc) is 3.21. The molecule has 2 atom stereocenters. The van der Waals surface area contributed by atoms with E-state index in [1.165, 1.54) is 30.5 Å². The number of hydrogen-bond donors (Lipinski definition) is 2. The molecular formula is C24H40N6O. The van der Waals surface area contributed by atoms with Crippen molar-refractivity contribution in [2.24, 2.45) is 16.6 Å². The van der Waals surface area contributed by atoms with E-state index in [9.17, 15) is 4.79 Å². The van der Waals surface area contributed by atoms with Gasteiger partial charge in [-0.1, -0.05) is 31.2 Å². The molecule has 0 bridgehead atoms. The monoisotopic (exact) mass is 428 g/mol. The number of nitrogens with zero attached hydrogens (tertiary/aromatic N) is 4. The first-order chi connectivity index (χ1) is 15.0. The van der Waals surface area contributed by atoms with Crippen LogP contribution in [0.4, 0.5) is 0 Å². The molecule has 0 saturated carbocycles. The van der Waals surface area contributed by atoms with Crippen molar-refractivity contribution in [2.45, 2.75) is 51.7 Å². The van der Waals surface area contributed by atoms with Crippen LogP contribution in [0.25, 0.3) is 0 Å². The highest BCUT2D eigenvalue weighted by Gasteiger charge is 2.25. The summed E-state index contributed by atoms with van der Waals surface area (Å²) in [6.07, 6.45) is 4.51. The Balaban J connectivity index is 1.52. The van der Waals surface area contributed by atoms with Gasteiger partial charge in [0.25, 0.3) is 0 Å². The van der Waals surface area contributed by atoms with Gasteiger partial charge in [-0.05, 0) is 56.4 Å². The van der Waals surface area contributed by atoms with Gasteiger partial charge in [0.2, 0.25) is 5.91 Å². The lowest BCUT2D eigenvalue weighted by Crippen LogP contribution is -2.45. The molecule has 0 aliphatic carbocycles. The van der Waals surface area contributed by atoms with Crippen LogP contribution in [-0.2, 0) is 17.9 Å². The summed E-state index contributed by atoms with van der Waals surface area (Å²) in [6, 6.07) is 9.31. The molecular weight excluding hydrogens is 388 g/mol. The fourth-order valence-electron chi connectivity index (χ4n) is 5.01. The molecule has 0 spiro atoms. The second-order valence-corrected chi connectivity index (χ2v) is 9.00. The molecule has 3 rings (SSSR count). The van der Waals surface area contributed by atoms with Crippen LogP contribution in [0.2, 0.25) is 0 Å². The molecule has 7 heteroatoms. The first-order valence-electron chi connectivity index (χ1n) is 11.8. The number of amides is 1. The molecule has 2 unspecified atom stereocenters. The number of rotatable bonds is 8. The summed E-state index contributed by atoms with van der Waals surface area (Å²) < 4.78 is 0. The van der Waals surface area contributed by atoms with Gasteiger partial charge in [0.1, 0.15) is 0 Å². The lowest BCUT2D eigenvalue weighted by molar-refractivity contribution is -0.123. The Morgan fingerprint density at radius 3 is 2.77 bits per heavy atom. The van der Waals surface area contributed by atoms with Crippen molar-refractivity contribution in [3.05, 3.63) is 35.4 Å². The fraction of sp³-hybridized carbons (Fsp3) is 0.667. The van der Waals surface area contributed by atoms with Crippen LogP contribution in [0.5, 0.6) is 0 Å². The van der Waals surface area contributed by atoms with E-state index in [-0.39, 0.29) is 11.8 Å². The molecule has 2 fully saturated rings. The number of piperidine rings is 1. The summed E-state index contributed by atoms with van der Waals surface area (Å²) in [6.45, 7) is 8.99. The van der Waals surface area contributed by atoms with E-state index in [1.54, 1.807) is 0 Å². The number of carbonyl (C=O) groups is 1. The molecule has 1 aromatic rings. The predicted molar refractivity (Wildman–Crippen MR) is 127 cm³/mol. The van der Waals surface area contributed by atoms with Crippen molar-refractivity contribution in [2.75, 3.05) is 46.8 Å². The first kappa shape index (κ1) is 23.5. The average molecular weight is 429 g/mol. The summed E-state index contributed by atoms with van der Waals surface area (Å²) in [5, 5.41) is 3.53. The topological polar surface area (TPSA) is 77.2 Å². The SMILES string of the molecule is CCN1CCCC1CN(C)C(=NC)NCc1cccc(CN2CCCC(C(N)=O)C2)c1. The van der Waals surface area contributed by atoms with Crippen LogP contribution in [0.1, 0.15) is 43.7 Å². The quantitative estimate of drug-likeness (QED) is 0.488. The molecule has 1 aromatic carbocycles. The molecule has 2 saturated heterocycles. The minimum Gasteiger partial charge on any atom is -0.369 e. The normalized spacial score (nSPS) is 23.1. The molecule has 2 aliphatic heterocycles. The summed E-state index contributed by atoms with van der Waals surface area (Å²) >= 11 is 0. The number of guanidine groups is 1. The maximum absolute atomic E-state index is 11.6. The standard InChI is InChI=1S/C24H40N6O/c1-4-30-13-7-11-22(30)18-28(3)24(26-2)27-15-19-8-5-9-20(14-19)16-29-12-6-10-21(17-29)23(25)31/h5,8-9,14,21-22H,4,6-7,10-13,15-18H2,1-3H3,(H2,25,31)(H,26,27). The van der Waals surface area contributed by atoms with Crippen molar-refractivity contribution >= 4 is 11.9 Å². The highest BCUT2D eigenvalue weighted by Crippen LogP contribution is 2.19. The highest BCUT2D eigenvalue weighted by molar-refractivity contribution is 5.79. The van der Waals surface area contributed by atoms with Gasteiger partial charge in [-0.15, -0.1) is 0 Å². The summed E-state index contributed by atoms with van der Waals surface area (Å²) in [5.41, 5.74) is 8.04. The van der Waals surface area contributed by atoms with Crippen molar-refractivity contribution in [1.82, 2.24) is 20.0 Å². The van der Waals surface area contributed by atoms with Crippen LogP contribution >= 0.6 is 0 Å². The number of likely N-dealkylation sites (N-methyl/N-ethyl adjacent to an activating group) is 2. The second-order valence-electron chi connectivity index (χ2n) is 9.00. The Morgan fingerprint density at radius 1 is 1.26 bits per heavy atom. The third kappa shape index (κ3) is 6.68. The van der Waals surface area contributed by atoms with Crippen LogP contribution in [0, 0.1) is 5.92 Å². The first-order valence-corrected chi connectivity index (χ1v) is 11.8. The zero-order valence-electron chi connectivity index (χ0n) is 19.5. The molecule has 3 N–H and O–H groups in total. The zero-order valence-corrected chi connectivity index (χ0v) is 19.5. The molecule has 172 valence electrons. The summed E-state index contributed by atoms with van der Waals surface area (Å²) in [5.74, 6) is 0.757. The number of likely N-dealkylation sites (tertiary alicyclic amines) is 2. The van der Waals surface area contributed by atoms with E-state index in [1.807, 2.05) is 7.05 Å². The van der Waals surface area contributed by atoms with Crippen LogP contribution in [-0.4, -0.2) is 79.4 Å². The van der Waals surface area contributed by atoms with Gasteiger partial charge >= 0.3 is 0 Å². The predicted octanol–water partition coefficient (Wildman–Crippen LogP) is 1.88. The number of nitrogens with two attached hydrogens (primary N) is 1. The Bertz CT molecular complexity index is 751. The Labute approximate surface area is 187 Å². The van der Waals surface area contributed by atoms with E-state index in [2.05, 4.69) is 63.2 Å². The number of benzene rings is 1. The lowest BCUT2D eigenvalue weighted by Gasteiger charge is -2.31. The van der Waals surface area contributed by atoms with E-state index in [4.69, 9.17) is 5.73 Å². The molecule has 0 radical (unpaired) electrons. The van der Waals surface area contributed by atoms with E-state index in [0.717, 1.165) is 58.1 Å². The Hall–Kier alpha value is -2.12. The van der Waals surface area contributed by atoms with Gasteiger partial charge in [-0.3, -0.25) is 19.6 Å². The molecule has 7 nitrogen and oxygen atoms in total. The van der Waals surface area contributed by atoms with Gasteiger partial charge in [-0.25, -0.2) is 0 Å². The largest absolute Gasteiger partial charge is 0.369 e. The molecule has 2 heterocycles. The van der Waals surface area contributed by atoms with Gasteiger partial charge in [0, 0.05) is 46.3 Å². The van der Waals surface area contributed by atoms with E-state index >= 15 is 0 Å². The van der Waals surface area contributed by atoms with Crippen molar-refractivity contribution in [3.8, 4) is 0 Å². The Kier molecular flexibility index (Phi) is 8.72. The Morgan fingerprint density at radius 2 is 2.03 bits per heavy atom. The molecule has 31 heavy (non-hydrogen) atoms. The molecule has 0 aromatic heterocycles. The highest BCUT2D eigenvalue weighted by atomic mass is 16.1. The number of hydrogen-bond acceptors (Lipinski definition) is 4. The maximum atomic E-state index is 11.6. The van der Waals surface area contributed by atoms with E-state index < -0.39 is 0 Å². The third-order valence-electron chi connectivity index (χ3n) is 6.72. The summed E-state index contributed by atoms with van der Waals surface area (Å²) in [4.78, 5) is 23.2.